The Kier molecular flexibility index (Phi) is 4.41. The summed E-state index contributed by atoms with van der Waals surface area (Å²) in [5.41, 5.74) is 2.05. The molecule has 0 saturated carbocycles. The summed E-state index contributed by atoms with van der Waals surface area (Å²) in [5, 5.41) is 0. The van der Waals surface area contributed by atoms with Crippen LogP contribution in [0.15, 0.2) is 47.4 Å². The van der Waals surface area contributed by atoms with E-state index in [1.807, 2.05) is 0 Å². The molecule has 0 bridgehead atoms. The van der Waals surface area contributed by atoms with Crippen LogP contribution in [-0.4, -0.2) is 14.3 Å². The molecule has 1 atom stereocenters. The van der Waals surface area contributed by atoms with Crippen molar-refractivity contribution in [2.45, 2.75) is 37.0 Å². The quantitative estimate of drug-likeness (QED) is 0.928. The van der Waals surface area contributed by atoms with Gasteiger partial charge < -0.3 is 0 Å². The molecule has 1 unspecified atom stereocenters. The Morgan fingerprint density at radius 1 is 1.21 bits per heavy atom. The van der Waals surface area contributed by atoms with Crippen LogP contribution in [0, 0.1) is 12.7 Å². The van der Waals surface area contributed by atoms with Crippen LogP contribution in [0.1, 0.15) is 35.4 Å². The Balaban J connectivity index is 1.88. The van der Waals surface area contributed by atoms with E-state index in [1.54, 1.807) is 31.2 Å². The zero-order chi connectivity index (χ0) is 17.3. The number of amides is 1. The predicted octanol–water partition coefficient (Wildman–Crippen LogP) is 3.06. The maximum Gasteiger partial charge on any atom is 0.264 e. The number of sulfonamides is 1. The summed E-state index contributed by atoms with van der Waals surface area (Å²) in [6.07, 6.45) is 1.97. The first kappa shape index (κ1) is 16.6. The molecule has 0 heterocycles. The molecule has 2 aromatic carbocycles. The monoisotopic (exact) mass is 347 g/mol. The van der Waals surface area contributed by atoms with Gasteiger partial charge in [0.2, 0.25) is 5.91 Å². The lowest BCUT2D eigenvalue weighted by atomic mass is 9.82. The molecular formula is C18H18FNO3S. The molecule has 126 valence electrons. The predicted molar refractivity (Wildman–Crippen MR) is 88.6 cm³/mol. The number of hydrogen-bond donors (Lipinski definition) is 1. The summed E-state index contributed by atoms with van der Waals surface area (Å²) < 4.78 is 40.5. The fraction of sp³-hybridized carbons (Fsp3) is 0.278. The van der Waals surface area contributed by atoms with Gasteiger partial charge in [0.1, 0.15) is 5.82 Å². The molecule has 2 aromatic rings. The van der Waals surface area contributed by atoms with Crippen molar-refractivity contribution in [2.24, 2.45) is 0 Å². The third kappa shape index (κ3) is 3.19. The molecule has 1 N–H and O–H groups in total. The van der Waals surface area contributed by atoms with Crippen LogP contribution in [0.2, 0.25) is 0 Å². The molecule has 6 heteroatoms. The van der Waals surface area contributed by atoms with E-state index in [0.29, 0.717) is 24.0 Å². The Bertz CT molecular complexity index is 893. The number of rotatable bonds is 3. The number of hydrogen-bond acceptors (Lipinski definition) is 3. The van der Waals surface area contributed by atoms with Gasteiger partial charge in [-0.05, 0) is 61.1 Å². The third-order valence-electron chi connectivity index (χ3n) is 4.35. The summed E-state index contributed by atoms with van der Waals surface area (Å²) in [6.45, 7) is 1.68. The fourth-order valence-corrected chi connectivity index (χ4v) is 4.44. The van der Waals surface area contributed by atoms with E-state index in [4.69, 9.17) is 0 Å². The van der Waals surface area contributed by atoms with Crippen LogP contribution in [-0.2, 0) is 21.2 Å². The minimum Gasteiger partial charge on any atom is -0.273 e. The van der Waals surface area contributed by atoms with Crippen LogP contribution < -0.4 is 4.72 Å². The smallest absolute Gasteiger partial charge is 0.264 e. The van der Waals surface area contributed by atoms with E-state index in [9.17, 15) is 17.6 Å². The van der Waals surface area contributed by atoms with E-state index in [-0.39, 0.29) is 10.7 Å². The Morgan fingerprint density at radius 2 is 1.96 bits per heavy atom. The van der Waals surface area contributed by atoms with Crippen LogP contribution in [0.5, 0.6) is 0 Å². The van der Waals surface area contributed by atoms with Crippen LogP contribution in [0.3, 0.4) is 0 Å². The molecule has 0 radical (unpaired) electrons. The summed E-state index contributed by atoms with van der Waals surface area (Å²) >= 11 is 0. The van der Waals surface area contributed by atoms with Gasteiger partial charge in [0.05, 0.1) is 10.8 Å². The van der Waals surface area contributed by atoms with Gasteiger partial charge >= 0.3 is 0 Å². The van der Waals surface area contributed by atoms with Crippen molar-refractivity contribution >= 4 is 15.9 Å². The molecular weight excluding hydrogens is 329 g/mol. The van der Waals surface area contributed by atoms with E-state index in [2.05, 4.69) is 4.72 Å². The molecule has 1 aliphatic carbocycles. The number of carbonyl (C=O) groups is 1. The van der Waals surface area contributed by atoms with E-state index in [1.165, 1.54) is 18.2 Å². The second-order valence-electron chi connectivity index (χ2n) is 6.02. The Hall–Kier alpha value is -2.21. The van der Waals surface area contributed by atoms with Gasteiger partial charge in [0.15, 0.2) is 0 Å². The van der Waals surface area contributed by atoms with Crippen molar-refractivity contribution in [2.75, 3.05) is 0 Å². The van der Waals surface area contributed by atoms with Gasteiger partial charge in [-0.3, -0.25) is 4.79 Å². The third-order valence-corrected chi connectivity index (χ3v) is 5.86. The van der Waals surface area contributed by atoms with Crippen molar-refractivity contribution in [3.8, 4) is 0 Å². The van der Waals surface area contributed by atoms with Gasteiger partial charge in [0, 0.05) is 0 Å². The van der Waals surface area contributed by atoms with Crippen molar-refractivity contribution in [1.82, 2.24) is 4.72 Å². The first-order chi connectivity index (χ1) is 11.4. The number of carbonyl (C=O) groups excluding carboxylic acids is 1. The van der Waals surface area contributed by atoms with Gasteiger partial charge in [-0.1, -0.05) is 24.3 Å². The molecule has 0 fully saturated rings. The molecule has 0 spiro atoms. The molecule has 4 nitrogen and oxygen atoms in total. The first-order valence-electron chi connectivity index (χ1n) is 7.79. The number of fused-ring (bicyclic) bond motifs is 1. The summed E-state index contributed by atoms with van der Waals surface area (Å²) in [5.74, 6) is -1.48. The van der Waals surface area contributed by atoms with Crippen molar-refractivity contribution in [1.29, 1.82) is 0 Å². The molecule has 1 amide bonds. The zero-order valence-electron chi connectivity index (χ0n) is 13.3. The molecule has 24 heavy (non-hydrogen) atoms. The Morgan fingerprint density at radius 3 is 2.71 bits per heavy atom. The van der Waals surface area contributed by atoms with E-state index < -0.39 is 21.8 Å². The normalized spacial score (nSPS) is 17.2. The largest absolute Gasteiger partial charge is 0.273 e. The van der Waals surface area contributed by atoms with Crippen LogP contribution in [0.25, 0.3) is 0 Å². The highest BCUT2D eigenvalue weighted by Crippen LogP contribution is 2.32. The number of nitrogens with one attached hydrogen (secondary N) is 1. The number of halogens is 1. The maximum absolute atomic E-state index is 13.4. The second kappa shape index (κ2) is 6.36. The zero-order valence-corrected chi connectivity index (χ0v) is 14.1. The highest BCUT2D eigenvalue weighted by atomic mass is 32.2. The highest BCUT2D eigenvalue weighted by molar-refractivity contribution is 7.90. The maximum atomic E-state index is 13.4. The van der Waals surface area contributed by atoms with Crippen molar-refractivity contribution in [3.63, 3.8) is 0 Å². The lowest BCUT2D eigenvalue weighted by molar-refractivity contribution is -0.121. The minimum atomic E-state index is -3.92. The van der Waals surface area contributed by atoms with Crippen LogP contribution in [0.4, 0.5) is 4.39 Å². The molecule has 1 aliphatic rings. The SMILES string of the molecule is Cc1ccccc1S(=O)(=O)NC(=O)C1CCCc2cc(F)ccc21. The second-order valence-corrected chi connectivity index (χ2v) is 7.67. The number of aryl methyl sites for hydroxylation is 2. The Labute approximate surface area is 140 Å². The molecule has 0 aliphatic heterocycles. The average molecular weight is 347 g/mol. The van der Waals surface area contributed by atoms with Gasteiger partial charge in [-0.15, -0.1) is 0 Å². The van der Waals surface area contributed by atoms with Gasteiger partial charge in [-0.25, -0.2) is 17.5 Å². The molecule has 0 saturated heterocycles. The average Bonchev–Trinajstić information content (AvgIpc) is 2.53. The highest BCUT2D eigenvalue weighted by Gasteiger charge is 2.30. The van der Waals surface area contributed by atoms with Crippen molar-refractivity contribution in [3.05, 3.63) is 65.0 Å². The number of benzene rings is 2. The van der Waals surface area contributed by atoms with E-state index in [0.717, 1.165) is 12.0 Å². The topological polar surface area (TPSA) is 63.2 Å². The summed E-state index contributed by atoms with van der Waals surface area (Å²) in [7, 11) is -3.92. The summed E-state index contributed by atoms with van der Waals surface area (Å²) in [6, 6.07) is 10.8. The first-order valence-corrected chi connectivity index (χ1v) is 9.27. The van der Waals surface area contributed by atoms with Crippen molar-refractivity contribution < 1.29 is 17.6 Å². The molecule has 3 rings (SSSR count). The van der Waals surface area contributed by atoms with Gasteiger partial charge in [0.25, 0.3) is 10.0 Å². The van der Waals surface area contributed by atoms with Crippen LogP contribution >= 0.6 is 0 Å². The standard InChI is InChI=1S/C18H18FNO3S/c1-12-5-2-3-8-17(12)24(22,23)20-18(21)16-7-4-6-13-11-14(19)9-10-15(13)16/h2-3,5,8-11,16H,4,6-7H2,1H3,(H,20,21). The fourth-order valence-electron chi connectivity index (χ4n) is 3.17. The van der Waals surface area contributed by atoms with Gasteiger partial charge in [-0.2, -0.15) is 0 Å². The lowest BCUT2D eigenvalue weighted by Crippen LogP contribution is -2.36. The molecule has 0 aromatic heterocycles. The lowest BCUT2D eigenvalue weighted by Gasteiger charge is -2.24. The summed E-state index contributed by atoms with van der Waals surface area (Å²) in [4.78, 5) is 12.7. The van der Waals surface area contributed by atoms with E-state index >= 15 is 0 Å². The minimum absolute atomic E-state index is 0.0912.